The van der Waals surface area contributed by atoms with E-state index in [4.69, 9.17) is 9.47 Å². The van der Waals surface area contributed by atoms with E-state index < -0.39 is 21.8 Å². The maximum atomic E-state index is 12.6. The van der Waals surface area contributed by atoms with Crippen molar-refractivity contribution in [2.45, 2.75) is 18.7 Å². The Morgan fingerprint density at radius 1 is 1.03 bits per heavy atom. The first-order chi connectivity index (χ1) is 14.3. The lowest BCUT2D eigenvalue weighted by Crippen LogP contribution is -2.42. The number of rotatable bonds is 6. The maximum absolute atomic E-state index is 12.6. The molecule has 0 unspecified atom stereocenters. The summed E-state index contributed by atoms with van der Waals surface area (Å²) in [6.45, 7) is 4.95. The number of amides is 2. The van der Waals surface area contributed by atoms with Gasteiger partial charge >= 0.3 is 0 Å². The van der Waals surface area contributed by atoms with Gasteiger partial charge in [-0.2, -0.15) is 4.31 Å². The van der Waals surface area contributed by atoms with Crippen LogP contribution in [0, 0.1) is 0 Å². The lowest BCUT2D eigenvalue weighted by Gasteiger charge is -2.18. The minimum atomic E-state index is -3.70. The molecule has 0 spiro atoms. The van der Waals surface area contributed by atoms with Gasteiger partial charge in [-0.25, -0.2) is 8.42 Å². The van der Waals surface area contributed by atoms with Crippen molar-refractivity contribution in [3.63, 3.8) is 0 Å². The van der Waals surface area contributed by atoms with Crippen LogP contribution in [0.1, 0.15) is 34.7 Å². The van der Waals surface area contributed by atoms with Crippen molar-refractivity contribution in [3.05, 3.63) is 41.7 Å². The molecule has 2 heterocycles. The number of ether oxygens (including phenoxy) is 2. The van der Waals surface area contributed by atoms with Crippen LogP contribution < -0.4 is 20.3 Å². The zero-order valence-corrected chi connectivity index (χ0v) is 17.8. The van der Waals surface area contributed by atoms with Gasteiger partial charge < -0.3 is 14.0 Å². The molecular weight excluding hydrogens is 412 g/mol. The van der Waals surface area contributed by atoms with Crippen molar-refractivity contribution in [3.8, 4) is 11.5 Å². The number of fused-ring (bicyclic) bond motifs is 1. The van der Waals surface area contributed by atoms with E-state index in [1.165, 1.54) is 27.2 Å². The first kappa shape index (κ1) is 21.7. The van der Waals surface area contributed by atoms with E-state index in [1.54, 1.807) is 33.0 Å². The number of nitrogens with zero attached hydrogens (tertiary/aromatic N) is 2. The van der Waals surface area contributed by atoms with Gasteiger partial charge in [0.1, 0.15) is 23.8 Å². The molecule has 1 aromatic heterocycles. The molecule has 2 N–H and O–H groups in total. The maximum Gasteiger partial charge on any atom is 0.286 e. The highest BCUT2D eigenvalue weighted by Crippen LogP contribution is 2.30. The number of aryl methyl sites for hydroxylation is 1. The molecule has 11 heteroatoms. The van der Waals surface area contributed by atoms with E-state index in [-0.39, 0.29) is 16.2 Å². The van der Waals surface area contributed by atoms with Gasteiger partial charge in [0.2, 0.25) is 10.0 Å². The average molecular weight is 436 g/mol. The molecule has 1 aliphatic heterocycles. The minimum absolute atomic E-state index is 0.0111. The third kappa shape index (κ3) is 4.26. The summed E-state index contributed by atoms with van der Waals surface area (Å²) in [5, 5.41) is 0. The molecule has 0 atom stereocenters. The standard InChI is InChI=1S/C19H24N4O6S/c1-4-23(5-2)30(26,27)14-11-15(22(3)12-14)19(25)21-20-18(24)13-6-7-16-17(10-13)29-9-8-28-16/h6-7,10-12H,4-5,8-9H2,1-3H3,(H,20,24)(H,21,25). The molecule has 1 aliphatic rings. The van der Waals surface area contributed by atoms with Crippen LogP contribution in [0.2, 0.25) is 0 Å². The second kappa shape index (κ2) is 8.76. The summed E-state index contributed by atoms with van der Waals surface area (Å²) in [7, 11) is -2.15. The number of hydrazine groups is 1. The van der Waals surface area contributed by atoms with Crippen LogP contribution in [0.3, 0.4) is 0 Å². The fourth-order valence-corrected chi connectivity index (χ4v) is 4.58. The number of benzene rings is 1. The van der Waals surface area contributed by atoms with E-state index in [2.05, 4.69) is 10.9 Å². The molecule has 0 bridgehead atoms. The molecule has 162 valence electrons. The Balaban J connectivity index is 1.69. The fourth-order valence-electron chi connectivity index (χ4n) is 3.05. The number of hydrogen-bond acceptors (Lipinski definition) is 6. The average Bonchev–Trinajstić information content (AvgIpc) is 3.14. The Hall–Kier alpha value is -3.05. The van der Waals surface area contributed by atoms with Gasteiger partial charge in [-0.1, -0.05) is 13.8 Å². The van der Waals surface area contributed by atoms with Crippen molar-refractivity contribution in [2.75, 3.05) is 26.3 Å². The third-order valence-electron chi connectivity index (χ3n) is 4.65. The van der Waals surface area contributed by atoms with E-state index in [0.717, 1.165) is 0 Å². The molecule has 2 aromatic rings. The molecule has 30 heavy (non-hydrogen) atoms. The van der Waals surface area contributed by atoms with Crippen molar-refractivity contribution in [1.29, 1.82) is 0 Å². The van der Waals surface area contributed by atoms with Crippen LogP contribution in [-0.2, 0) is 17.1 Å². The van der Waals surface area contributed by atoms with Crippen molar-refractivity contribution in [1.82, 2.24) is 19.7 Å². The first-order valence-corrected chi connectivity index (χ1v) is 10.9. The minimum Gasteiger partial charge on any atom is -0.486 e. The Labute approximate surface area is 174 Å². The summed E-state index contributed by atoms with van der Waals surface area (Å²) in [5.41, 5.74) is 4.98. The molecule has 0 radical (unpaired) electrons. The van der Waals surface area contributed by atoms with Gasteiger partial charge in [0.25, 0.3) is 11.8 Å². The molecule has 2 amide bonds. The van der Waals surface area contributed by atoms with Gasteiger partial charge in [-0.15, -0.1) is 0 Å². The van der Waals surface area contributed by atoms with E-state index in [1.807, 2.05) is 0 Å². The lowest BCUT2D eigenvalue weighted by molar-refractivity contribution is 0.0841. The lowest BCUT2D eigenvalue weighted by atomic mass is 10.2. The van der Waals surface area contributed by atoms with Gasteiger partial charge in [0.05, 0.1) is 0 Å². The SMILES string of the molecule is CCN(CC)S(=O)(=O)c1cc(C(=O)NNC(=O)c2ccc3c(c2)OCCO3)n(C)c1. The summed E-state index contributed by atoms with van der Waals surface area (Å²) in [4.78, 5) is 24.8. The highest BCUT2D eigenvalue weighted by atomic mass is 32.2. The summed E-state index contributed by atoms with van der Waals surface area (Å²) < 4.78 is 38.8. The number of aromatic nitrogens is 1. The zero-order valence-electron chi connectivity index (χ0n) is 17.0. The van der Waals surface area contributed by atoms with Crippen LogP contribution in [0.15, 0.2) is 35.4 Å². The van der Waals surface area contributed by atoms with Gasteiger partial charge in [0, 0.05) is 31.9 Å². The van der Waals surface area contributed by atoms with Gasteiger partial charge in [0.15, 0.2) is 11.5 Å². The molecule has 0 aliphatic carbocycles. The number of hydrogen-bond donors (Lipinski definition) is 2. The molecule has 0 fully saturated rings. The second-order valence-electron chi connectivity index (χ2n) is 6.53. The van der Waals surface area contributed by atoms with Crippen LogP contribution in [0.4, 0.5) is 0 Å². The molecule has 0 saturated carbocycles. The predicted octanol–water partition coefficient (Wildman–Crippen LogP) is 0.902. The smallest absolute Gasteiger partial charge is 0.286 e. The number of carbonyl (C=O) groups is 2. The Kier molecular flexibility index (Phi) is 6.32. The van der Waals surface area contributed by atoms with Crippen LogP contribution in [-0.4, -0.2) is 55.4 Å². The van der Waals surface area contributed by atoms with Gasteiger partial charge in [-0.05, 0) is 24.3 Å². The third-order valence-corrected chi connectivity index (χ3v) is 6.66. The number of nitrogens with one attached hydrogen (secondary N) is 2. The molecule has 3 rings (SSSR count). The van der Waals surface area contributed by atoms with Crippen LogP contribution in [0.5, 0.6) is 11.5 Å². The Bertz CT molecular complexity index is 1060. The quantitative estimate of drug-likeness (QED) is 0.650. The number of sulfonamides is 1. The van der Waals surface area contributed by atoms with E-state index >= 15 is 0 Å². The Morgan fingerprint density at radius 3 is 2.33 bits per heavy atom. The highest BCUT2D eigenvalue weighted by Gasteiger charge is 2.25. The highest BCUT2D eigenvalue weighted by molar-refractivity contribution is 7.89. The summed E-state index contributed by atoms with van der Waals surface area (Å²) in [5.74, 6) is -0.198. The fraction of sp³-hybridized carbons (Fsp3) is 0.368. The number of carbonyl (C=O) groups excluding carboxylic acids is 2. The summed E-state index contributed by atoms with van der Waals surface area (Å²) >= 11 is 0. The largest absolute Gasteiger partial charge is 0.486 e. The van der Waals surface area contributed by atoms with Crippen LogP contribution in [0.25, 0.3) is 0 Å². The van der Waals surface area contributed by atoms with E-state index in [9.17, 15) is 18.0 Å². The molecule has 0 saturated heterocycles. The summed E-state index contributed by atoms with van der Waals surface area (Å²) in [6.07, 6.45) is 1.37. The zero-order chi connectivity index (χ0) is 21.9. The van der Waals surface area contributed by atoms with Crippen molar-refractivity contribution in [2.24, 2.45) is 7.05 Å². The van der Waals surface area contributed by atoms with E-state index in [0.29, 0.717) is 37.8 Å². The predicted molar refractivity (Wildman–Crippen MR) is 108 cm³/mol. The topological polar surface area (TPSA) is 119 Å². The van der Waals surface area contributed by atoms with Crippen molar-refractivity contribution >= 4 is 21.8 Å². The molecular formula is C19H24N4O6S. The molecule has 1 aromatic carbocycles. The summed E-state index contributed by atoms with van der Waals surface area (Å²) in [6, 6.07) is 5.96. The normalized spacial score (nSPS) is 13.2. The first-order valence-electron chi connectivity index (χ1n) is 9.44. The Morgan fingerprint density at radius 2 is 1.67 bits per heavy atom. The monoisotopic (exact) mass is 436 g/mol. The van der Waals surface area contributed by atoms with Crippen LogP contribution >= 0.6 is 0 Å². The van der Waals surface area contributed by atoms with Crippen molar-refractivity contribution < 1.29 is 27.5 Å². The van der Waals surface area contributed by atoms with Gasteiger partial charge in [-0.3, -0.25) is 20.4 Å². The molecule has 10 nitrogen and oxygen atoms in total. The second-order valence-corrected chi connectivity index (χ2v) is 8.47.